The molecule has 2 saturated carbocycles. The second-order valence-corrected chi connectivity index (χ2v) is 12.6. The zero-order valence-corrected chi connectivity index (χ0v) is 25.2. The molecule has 9 heteroatoms. The third kappa shape index (κ3) is 7.95. The number of nitrogens with zero attached hydrogens (tertiary/aromatic N) is 1. The molecule has 4 rings (SSSR count). The lowest BCUT2D eigenvalue weighted by molar-refractivity contribution is -0.140. The molecular weight excluding hydrogens is 611 g/mol. The van der Waals surface area contributed by atoms with Crippen LogP contribution in [-0.2, 0) is 14.3 Å². The van der Waals surface area contributed by atoms with Crippen molar-refractivity contribution >= 4 is 34.4 Å². The lowest BCUT2D eigenvalue weighted by atomic mass is 9.84. The third-order valence-corrected chi connectivity index (χ3v) is 9.24. The average molecular weight is 655 g/mol. The van der Waals surface area contributed by atoms with E-state index >= 15 is 0 Å². The maximum Gasteiger partial charge on any atom is 0.247 e. The van der Waals surface area contributed by atoms with Gasteiger partial charge in [0.1, 0.15) is 18.0 Å². The monoisotopic (exact) mass is 654 g/mol. The standard InChI is InChI=1S/C30H43IN2O6/c1-19(2)38-13-5-11-33(28(35)18-22-15-20-8-9-21(22)14-20)25-16-23(30(37)32-10-12-34)17-27(29(25)36)39-26-7-4-3-6-24(26)31/h3-4,6-7,17,19-22,25,27,29,34,36H,5,8-16,18H2,1-2H3,(H,32,37)/t20?,21?,22?,25-,27+,29+/m1/s1. The Bertz CT molecular complexity index is 1020. The summed E-state index contributed by atoms with van der Waals surface area (Å²) in [7, 11) is 0. The van der Waals surface area contributed by atoms with E-state index in [2.05, 4.69) is 27.9 Å². The summed E-state index contributed by atoms with van der Waals surface area (Å²) >= 11 is 2.18. The number of hydrogen-bond acceptors (Lipinski definition) is 6. The quantitative estimate of drug-likeness (QED) is 0.222. The Morgan fingerprint density at radius 2 is 2.00 bits per heavy atom. The number of ether oxygens (including phenoxy) is 2. The number of carbonyl (C=O) groups excluding carboxylic acids is 2. The van der Waals surface area contributed by atoms with Crippen LogP contribution in [-0.4, -0.2) is 77.6 Å². The van der Waals surface area contributed by atoms with Crippen LogP contribution in [0.4, 0.5) is 0 Å². The number of amides is 2. The van der Waals surface area contributed by atoms with Crippen molar-refractivity contribution in [2.45, 2.75) is 83.1 Å². The Hall–Kier alpha value is -1.69. The summed E-state index contributed by atoms with van der Waals surface area (Å²) in [6.45, 7) is 4.88. The minimum atomic E-state index is -1.01. The van der Waals surface area contributed by atoms with Crippen molar-refractivity contribution in [3.05, 3.63) is 39.5 Å². The SMILES string of the molecule is CC(C)OCCCN(C(=O)CC1CC2CCC1C2)[C@@H]1CC(C(=O)NCCO)=C[C@H](Oc2ccccc2I)[C@H]1O. The maximum atomic E-state index is 13.9. The summed E-state index contributed by atoms with van der Waals surface area (Å²) in [5.41, 5.74) is 0.450. The molecule has 2 amide bonds. The lowest BCUT2D eigenvalue weighted by Crippen LogP contribution is -2.55. The fourth-order valence-electron chi connectivity index (χ4n) is 6.46. The van der Waals surface area contributed by atoms with Crippen LogP contribution in [0.15, 0.2) is 35.9 Å². The fourth-order valence-corrected chi connectivity index (χ4v) is 6.98. The van der Waals surface area contributed by atoms with Gasteiger partial charge in [-0.15, -0.1) is 0 Å². The van der Waals surface area contributed by atoms with E-state index in [0.717, 1.165) is 15.9 Å². The minimum absolute atomic E-state index is 0.0335. The molecule has 0 saturated heterocycles. The highest BCUT2D eigenvalue weighted by molar-refractivity contribution is 14.1. The highest BCUT2D eigenvalue weighted by Crippen LogP contribution is 2.49. The minimum Gasteiger partial charge on any atom is -0.482 e. The number of rotatable bonds is 13. The topological polar surface area (TPSA) is 108 Å². The summed E-state index contributed by atoms with van der Waals surface area (Å²) < 4.78 is 12.9. The molecule has 8 nitrogen and oxygen atoms in total. The molecule has 3 aliphatic carbocycles. The molecule has 0 heterocycles. The number of para-hydroxylation sites is 1. The number of nitrogens with one attached hydrogen (secondary N) is 1. The number of hydrogen-bond donors (Lipinski definition) is 3. The van der Waals surface area contributed by atoms with E-state index < -0.39 is 18.2 Å². The van der Waals surface area contributed by atoms with Gasteiger partial charge in [0.2, 0.25) is 11.8 Å². The summed E-state index contributed by atoms with van der Waals surface area (Å²) in [5.74, 6) is 2.09. The van der Waals surface area contributed by atoms with Crippen molar-refractivity contribution in [2.75, 3.05) is 26.3 Å². The molecule has 1 aromatic carbocycles. The van der Waals surface area contributed by atoms with Gasteiger partial charge in [0.25, 0.3) is 0 Å². The number of aliphatic hydroxyl groups excluding tert-OH is 2. The van der Waals surface area contributed by atoms with Crippen LogP contribution in [0.2, 0.25) is 0 Å². The number of aliphatic hydroxyl groups is 2. The van der Waals surface area contributed by atoms with Gasteiger partial charge in [0, 0.05) is 38.1 Å². The van der Waals surface area contributed by atoms with Crippen molar-refractivity contribution in [1.29, 1.82) is 0 Å². The maximum absolute atomic E-state index is 13.9. The molecular formula is C30H43IN2O6. The molecule has 0 spiro atoms. The molecule has 6 atom stereocenters. The summed E-state index contributed by atoms with van der Waals surface area (Å²) in [5, 5.41) is 23.6. The van der Waals surface area contributed by atoms with Crippen molar-refractivity contribution in [3.63, 3.8) is 0 Å². The Balaban J connectivity index is 1.57. The molecule has 3 aliphatic rings. The number of benzene rings is 1. The number of carbonyl (C=O) groups is 2. The largest absolute Gasteiger partial charge is 0.482 e. The Morgan fingerprint density at radius 1 is 1.21 bits per heavy atom. The van der Waals surface area contributed by atoms with E-state index in [0.29, 0.717) is 49.2 Å². The smallest absolute Gasteiger partial charge is 0.247 e. The van der Waals surface area contributed by atoms with Crippen molar-refractivity contribution in [1.82, 2.24) is 10.2 Å². The predicted octanol–water partition coefficient (Wildman–Crippen LogP) is 3.68. The molecule has 216 valence electrons. The van der Waals surface area contributed by atoms with Gasteiger partial charge in [-0.3, -0.25) is 9.59 Å². The van der Waals surface area contributed by atoms with E-state index in [9.17, 15) is 19.8 Å². The van der Waals surface area contributed by atoms with Gasteiger partial charge >= 0.3 is 0 Å². The normalized spacial score (nSPS) is 27.9. The first-order valence-electron chi connectivity index (χ1n) is 14.4. The Morgan fingerprint density at radius 3 is 2.67 bits per heavy atom. The first kappa shape index (κ1) is 30.3. The van der Waals surface area contributed by atoms with E-state index in [-0.39, 0.29) is 37.5 Å². The van der Waals surface area contributed by atoms with Crippen LogP contribution in [0.3, 0.4) is 0 Å². The van der Waals surface area contributed by atoms with Crippen LogP contribution in [0.5, 0.6) is 5.75 Å². The van der Waals surface area contributed by atoms with Gasteiger partial charge in [-0.2, -0.15) is 0 Å². The lowest BCUT2D eigenvalue weighted by Gasteiger charge is -2.41. The second-order valence-electron chi connectivity index (χ2n) is 11.4. The molecule has 1 aromatic rings. The predicted molar refractivity (Wildman–Crippen MR) is 157 cm³/mol. The van der Waals surface area contributed by atoms with Gasteiger partial charge in [-0.05, 0) is 98.1 Å². The average Bonchev–Trinajstić information content (AvgIpc) is 3.53. The zero-order chi connectivity index (χ0) is 27.9. The Labute approximate surface area is 245 Å². The summed E-state index contributed by atoms with van der Waals surface area (Å²) in [6, 6.07) is 6.91. The van der Waals surface area contributed by atoms with Crippen molar-refractivity contribution in [3.8, 4) is 5.75 Å². The van der Waals surface area contributed by atoms with Crippen LogP contribution >= 0.6 is 22.6 Å². The number of fused-ring (bicyclic) bond motifs is 2. The molecule has 39 heavy (non-hydrogen) atoms. The first-order valence-corrected chi connectivity index (χ1v) is 15.4. The summed E-state index contributed by atoms with van der Waals surface area (Å²) in [6.07, 6.45) is 6.12. The molecule has 3 unspecified atom stereocenters. The third-order valence-electron chi connectivity index (χ3n) is 8.35. The highest BCUT2D eigenvalue weighted by atomic mass is 127. The van der Waals surface area contributed by atoms with E-state index in [1.807, 2.05) is 38.1 Å². The van der Waals surface area contributed by atoms with Crippen molar-refractivity contribution in [2.24, 2.45) is 17.8 Å². The van der Waals surface area contributed by atoms with Gasteiger partial charge in [0.05, 0.1) is 22.3 Å². The van der Waals surface area contributed by atoms with Gasteiger partial charge < -0.3 is 29.9 Å². The van der Waals surface area contributed by atoms with Gasteiger partial charge in [-0.25, -0.2) is 0 Å². The molecule has 0 aliphatic heterocycles. The first-order chi connectivity index (χ1) is 18.8. The van der Waals surface area contributed by atoms with Crippen LogP contribution in [0.1, 0.15) is 58.8 Å². The van der Waals surface area contributed by atoms with Crippen molar-refractivity contribution < 1.29 is 29.3 Å². The van der Waals surface area contributed by atoms with Crippen LogP contribution in [0, 0.1) is 21.3 Å². The van der Waals surface area contributed by atoms with Gasteiger partial charge in [-0.1, -0.05) is 18.6 Å². The number of halogens is 1. The van der Waals surface area contributed by atoms with Crippen LogP contribution < -0.4 is 10.1 Å². The van der Waals surface area contributed by atoms with E-state index in [1.54, 1.807) is 11.0 Å². The molecule has 0 radical (unpaired) electrons. The molecule has 2 bridgehead atoms. The fraction of sp³-hybridized carbons (Fsp3) is 0.667. The van der Waals surface area contributed by atoms with E-state index in [4.69, 9.17) is 9.47 Å². The van der Waals surface area contributed by atoms with Crippen LogP contribution in [0.25, 0.3) is 0 Å². The van der Waals surface area contributed by atoms with E-state index in [1.165, 1.54) is 19.3 Å². The second kappa shape index (κ2) is 14.3. The molecule has 3 N–H and O–H groups in total. The molecule has 2 fully saturated rings. The highest BCUT2D eigenvalue weighted by Gasteiger charge is 2.44. The zero-order valence-electron chi connectivity index (χ0n) is 23.1. The Kier molecular flexibility index (Phi) is 11.1. The summed E-state index contributed by atoms with van der Waals surface area (Å²) in [4.78, 5) is 28.7. The van der Waals surface area contributed by atoms with Gasteiger partial charge in [0.15, 0.2) is 0 Å². The molecule has 0 aromatic heterocycles.